The van der Waals surface area contributed by atoms with Crippen molar-refractivity contribution in [3.05, 3.63) is 71.3 Å². The molecule has 5 rings (SSSR count). The first-order valence-electron chi connectivity index (χ1n) is 15.3. The number of para-hydroxylation sites is 1. The summed E-state index contributed by atoms with van der Waals surface area (Å²) in [5.41, 5.74) is 2.53. The second kappa shape index (κ2) is 14.0. The van der Waals surface area contributed by atoms with Gasteiger partial charge >= 0.3 is 12.0 Å². The summed E-state index contributed by atoms with van der Waals surface area (Å²) in [4.78, 5) is 51.1. The van der Waals surface area contributed by atoms with Gasteiger partial charge in [-0.3, -0.25) is 9.78 Å². The third kappa shape index (κ3) is 7.27. The number of carboxylic acid groups (broad SMARTS) is 1. The number of aromatic nitrogens is 3. The van der Waals surface area contributed by atoms with Gasteiger partial charge in [0.1, 0.15) is 16.7 Å². The molecular weight excluding hydrogens is 576 g/mol. The molecular formula is C33H40N6O4S. The Balaban J connectivity index is 1.53. The molecule has 1 aromatic carbocycles. The molecule has 4 heterocycles. The van der Waals surface area contributed by atoms with E-state index in [1.165, 1.54) is 11.3 Å². The van der Waals surface area contributed by atoms with Crippen molar-refractivity contribution < 1.29 is 19.5 Å². The highest BCUT2D eigenvalue weighted by Crippen LogP contribution is 2.39. The van der Waals surface area contributed by atoms with Crippen LogP contribution in [0.25, 0.3) is 21.3 Å². The summed E-state index contributed by atoms with van der Waals surface area (Å²) in [7, 11) is 1.95. The van der Waals surface area contributed by atoms with E-state index in [9.17, 15) is 19.5 Å². The van der Waals surface area contributed by atoms with Crippen molar-refractivity contribution in [3.8, 4) is 10.4 Å². The molecule has 1 aliphatic heterocycles. The zero-order chi connectivity index (χ0) is 31.2. The molecule has 11 heteroatoms. The molecule has 0 bridgehead atoms. The number of nitrogens with one attached hydrogen (secondary N) is 2. The molecule has 3 aromatic heterocycles. The average molecular weight is 617 g/mol. The highest BCUT2D eigenvalue weighted by Gasteiger charge is 2.30. The normalized spacial score (nSPS) is 15.1. The first-order chi connectivity index (χ1) is 21.2. The zero-order valence-electron chi connectivity index (χ0n) is 25.5. The Morgan fingerprint density at radius 2 is 1.73 bits per heavy atom. The lowest BCUT2D eigenvalue weighted by molar-refractivity contribution is -0.139. The SMILES string of the molecule is CC(C)CC(NC(=O)N1CCCCCC1)c1nc(C(=O)NC(Cc2ccccn2)C(=O)O)c(-c2cn(C)c3ccccc23)s1. The number of aliphatic carboxylic acids is 1. The Labute approximate surface area is 261 Å². The summed E-state index contributed by atoms with van der Waals surface area (Å²) in [5, 5.41) is 17.5. The summed E-state index contributed by atoms with van der Waals surface area (Å²) >= 11 is 1.37. The Kier molecular flexibility index (Phi) is 9.94. The molecule has 0 radical (unpaired) electrons. The first-order valence-corrected chi connectivity index (χ1v) is 16.1. The number of fused-ring (bicyclic) bond motifs is 1. The molecule has 0 aliphatic carbocycles. The molecule has 10 nitrogen and oxygen atoms in total. The van der Waals surface area contributed by atoms with Gasteiger partial charge in [0.25, 0.3) is 5.91 Å². The number of pyridine rings is 1. The number of hydrogen-bond acceptors (Lipinski definition) is 6. The van der Waals surface area contributed by atoms with Crippen molar-refractivity contribution in [1.29, 1.82) is 0 Å². The fourth-order valence-corrected chi connectivity index (χ4v) is 6.86. The molecule has 2 unspecified atom stereocenters. The van der Waals surface area contributed by atoms with Crippen molar-refractivity contribution in [2.45, 2.75) is 64.5 Å². The van der Waals surface area contributed by atoms with Crippen LogP contribution in [0, 0.1) is 5.92 Å². The summed E-state index contributed by atoms with van der Waals surface area (Å²) in [5.74, 6) is -1.49. The predicted octanol–water partition coefficient (Wildman–Crippen LogP) is 5.80. The van der Waals surface area contributed by atoms with Crippen molar-refractivity contribution in [1.82, 2.24) is 30.1 Å². The highest BCUT2D eigenvalue weighted by molar-refractivity contribution is 7.15. The molecule has 0 spiro atoms. The largest absolute Gasteiger partial charge is 0.480 e. The zero-order valence-corrected chi connectivity index (χ0v) is 26.3. The van der Waals surface area contributed by atoms with E-state index < -0.39 is 24.0 Å². The van der Waals surface area contributed by atoms with E-state index in [2.05, 4.69) is 29.5 Å². The maximum absolute atomic E-state index is 13.9. The fraction of sp³-hybridized carbons (Fsp3) is 0.424. The van der Waals surface area contributed by atoms with E-state index in [1.54, 1.807) is 24.4 Å². The number of carbonyl (C=O) groups is 3. The number of rotatable bonds is 10. The average Bonchev–Trinajstić information content (AvgIpc) is 3.46. The number of urea groups is 1. The maximum atomic E-state index is 13.9. The first kappa shape index (κ1) is 31.2. The fourth-order valence-electron chi connectivity index (χ4n) is 5.71. The van der Waals surface area contributed by atoms with Crippen LogP contribution in [-0.4, -0.2) is 61.6 Å². The lowest BCUT2D eigenvalue weighted by Gasteiger charge is -2.25. The number of hydrogen-bond donors (Lipinski definition) is 3. The van der Waals surface area contributed by atoms with Gasteiger partial charge in [-0.25, -0.2) is 14.6 Å². The van der Waals surface area contributed by atoms with E-state index in [-0.39, 0.29) is 24.1 Å². The number of benzene rings is 1. The van der Waals surface area contributed by atoms with Gasteiger partial charge in [0.2, 0.25) is 0 Å². The van der Waals surface area contributed by atoms with Crippen LogP contribution < -0.4 is 10.6 Å². The maximum Gasteiger partial charge on any atom is 0.326 e. The minimum absolute atomic E-state index is 0.0321. The Morgan fingerprint density at radius 1 is 1.00 bits per heavy atom. The summed E-state index contributed by atoms with van der Waals surface area (Å²) in [6.45, 7) is 5.62. The molecule has 232 valence electrons. The number of nitrogens with zero attached hydrogens (tertiary/aromatic N) is 4. The molecule has 4 aromatic rings. The minimum atomic E-state index is -1.20. The van der Waals surface area contributed by atoms with Crippen LogP contribution in [0.2, 0.25) is 0 Å². The molecule has 0 saturated carbocycles. The number of carboxylic acids is 1. The number of carbonyl (C=O) groups excluding carboxylic acids is 2. The second-order valence-electron chi connectivity index (χ2n) is 11.8. The molecule has 1 aliphatic rings. The van der Waals surface area contributed by atoms with Crippen LogP contribution in [-0.2, 0) is 18.3 Å². The summed E-state index contributed by atoms with van der Waals surface area (Å²) in [6, 6.07) is 11.5. The van der Waals surface area contributed by atoms with Gasteiger partial charge in [-0.1, -0.05) is 51.0 Å². The predicted molar refractivity (Wildman–Crippen MR) is 172 cm³/mol. The van der Waals surface area contributed by atoms with Gasteiger partial charge < -0.3 is 25.2 Å². The Hall–Kier alpha value is -4.25. The monoisotopic (exact) mass is 616 g/mol. The van der Waals surface area contributed by atoms with Crippen molar-refractivity contribution in [2.75, 3.05) is 13.1 Å². The number of likely N-dealkylation sites (tertiary alicyclic amines) is 1. The number of aryl methyl sites for hydroxylation is 1. The molecule has 3 N–H and O–H groups in total. The third-order valence-corrected chi connectivity index (χ3v) is 9.14. The molecule has 1 fully saturated rings. The minimum Gasteiger partial charge on any atom is -0.480 e. The van der Waals surface area contributed by atoms with Crippen molar-refractivity contribution >= 4 is 40.1 Å². The van der Waals surface area contributed by atoms with Crippen LogP contribution in [0.1, 0.15) is 73.2 Å². The van der Waals surface area contributed by atoms with Crippen molar-refractivity contribution in [2.24, 2.45) is 13.0 Å². The molecule has 3 amide bonds. The van der Waals surface area contributed by atoms with E-state index in [0.29, 0.717) is 22.0 Å². The smallest absolute Gasteiger partial charge is 0.326 e. The summed E-state index contributed by atoms with van der Waals surface area (Å²) in [6.07, 6.45) is 8.44. The Morgan fingerprint density at radius 3 is 2.41 bits per heavy atom. The third-order valence-electron chi connectivity index (χ3n) is 7.94. The lowest BCUT2D eigenvalue weighted by atomic mass is 10.0. The van der Waals surface area contributed by atoms with E-state index in [1.807, 2.05) is 47.0 Å². The van der Waals surface area contributed by atoms with Gasteiger partial charge in [-0.2, -0.15) is 0 Å². The van der Waals surface area contributed by atoms with Gasteiger partial charge in [0.15, 0.2) is 0 Å². The van der Waals surface area contributed by atoms with Crippen molar-refractivity contribution in [3.63, 3.8) is 0 Å². The number of thiazole rings is 1. The van der Waals surface area contributed by atoms with Gasteiger partial charge in [0, 0.05) is 61.1 Å². The van der Waals surface area contributed by atoms with E-state index >= 15 is 0 Å². The standard InChI is InChI=1S/C33H40N6O4S/c1-21(2)18-25(36-33(43)39-16-10-4-5-11-17-39)31-37-28(29(44-31)24-20-38(3)27-14-7-6-13-23(24)27)30(40)35-26(32(41)42)19-22-12-8-9-15-34-22/h6-9,12-15,20-21,25-26H,4-5,10-11,16-19H2,1-3H3,(H,35,40)(H,36,43)(H,41,42). The quantitative estimate of drug-likeness (QED) is 0.207. The van der Waals surface area contributed by atoms with Crippen LogP contribution >= 0.6 is 11.3 Å². The Bertz CT molecular complexity index is 1610. The molecule has 1 saturated heterocycles. The van der Waals surface area contributed by atoms with Crippen LogP contribution in [0.5, 0.6) is 0 Å². The van der Waals surface area contributed by atoms with Gasteiger partial charge in [-0.15, -0.1) is 11.3 Å². The highest BCUT2D eigenvalue weighted by atomic mass is 32.1. The van der Waals surface area contributed by atoms with Crippen LogP contribution in [0.4, 0.5) is 4.79 Å². The van der Waals surface area contributed by atoms with E-state index in [4.69, 9.17) is 4.98 Å². The van der Waals surface area contributed by atoms with Crippen LogP contribution in [0.15, 0.2) is 54.9 Å². The molecule has 44 heavy (non-hydrogen) atoms. The second-order valence-corrected chi connectivity index (χ2v) is 12.9. The van der Waals surface area contributed by atoms with E-state index in [0.717, 1.165) is 55.2 Å². The number of amides is 3. The van der Waals surface area contributed by atoms with Gasteiger partial charge in [-0.05, 0) is 43.4 Å². The summed E-state index contributed by atoms with van der Waals surface area (Å²) < 4.78 is 2.00. The lowest BCUT2D eigenvalue weighted by Crippen LogP contribution is -2.43. The van der Waals surface area contributed by atoms with Gasteiger partial charge in [0.05, 0.1) is 10.9 Å². The topological polar surface area (TPSA) is 129 Å². The molecule has 2 atom stereocenters. The van der Waals surface area contributed by atoms with Crippen LogP contribution in [0.3, 0.4) is 0 Å².